The van der Waals surface area contributed by atoms with Gasteiger partial charge in [0.05, 0.1) is 0 Å². The monoisotopic (exact) mass is 143 g/mol. The van der Waals surface area contributed by atoms with Crippen LogP contribution >= 0.6 is 0 Å². The van der Waals surface area contributed by atoms with Crippen LogP contribution in [0.25, 0.3) is 0 Å². The van der Waals surface area contributed by atoms with Crippen LogP contribution in [-0.2, 0) is 4.79 Å². The molecule has 4 nitrogen and oxygen atoms in total. The lowest BCUT2D eigenvalue weighted by atomic mass is 10.2. The molecule has 0 saturated carbocycles. The molecule has 4 N–H and O–H groups in total. The van der Waals surface area contributed by atoms with Crippen molar-refractivity contribution in [3.05, 3.63) is 0 Å². The highest BCUT2D eigenvalue weighted by atomic mass is 16.4. The molecule has 0 rings (SSSR count). The van der Waals surface area contributed by atoms with Gasteiger partial charge in [-0.25, -0.2) is 4.79 Å². The van der Waals surface area contributed by atoms with Crippen LogP contribution in [-0.4, -0.2) is 21.9 Å². The zero-order valence-electron chi connectivity index (χ0n) is 5.59. The maximum Gasteiger partial charge on any atom is 0.382 e. The van der Waals surface area contributed by atoms with Crippen molar-refractivity contribution in [2.45, 2.75) is 19.1 Å². The summed E-state index contributed by atoms with van der Waals surface area (Å²) in [6.07, 6.45) is 0.202. The zero-order valence-corrected chi connectivity index (χ0v) is 5.59. The van der Waals surface area contributed by atoms with E-state index in [9.17, 15) is 4.79 Å². The van der Waals surface area contributed by atoms with Crippen molar-refractivity contribution in [1.29, 1.82) is 0 Å². The summed E-state index contributed by atoms with van der Waals surface area (Å²) in [4.78, 5) is 9.82. The average molecular weight is 143 g/mol. The molecule has 0 saturated heterocycles. The topological polar surface area (TPSA) is 83.5 Å². The Morgan fingerprint density at radius 3 is 2.60 bits per heavy atom. The molecule has 1 atom stereocenters. The summed E-state index contributed by atoms with van der Waals surface area (Å²) in [7, 11) is 0. The van der Waals surface area contributed by atoms with Crippen LogP contribution in [0.2, 0.25) is 0 Å². The van der Waals surface area contributed by atoms with Crippen LogP contribution in [0.4, 0.5) is 0 Å². The largest absolute Gasteiger partial charge is 0.472 e. The van der Waals surface area contributed by atoms with Gasteiger partial charge in [0.2, 0.25) is 0 Å². The van der Waals surface area contributed by atoms with Crippen LogP contribution in [0, 0.1) is 11.8 Å². The lowest BCUT2D eigenvalue weighted by Gasteiger charge is -2.11. The molecule has 0 amide bonds. The zero-order chi connectivity index (χ0) is 8.20. The quantitative estimate of drug-likeness (QED) is 0.329. The summed E-state index contributed by atoms with van der Waals surface area (Å²) in [6.45, 7) is 1.61. The third-order valence-corrected chi connectivity index (χ3v) is 0.925. The molecule has 0 radical (unpaired) electrons. The Bertz CT molecular complexity index is 187. The van der Waals surface area contributed by atoms with Crippen molar-refractivity contribution < 1.29 is 15.0 Å². The Labute approximate surface area is 58.7 Å². The fraction of sp³-hybridized carbons (Fsp3) is 0.500. The van der Waals surface area contributed by atoms with Crippen LogP contribution in [0.15, 0.2) is 0 Å². The highest BCUT2D eigenvalue weighted by Crippen LogP contribution is 1.96. The van der Waals surface area contributed by atoms with Gasteiger partial charge in [0, 0.05) is 5.92 Å². The normalized spacial score (nSPS) is 14.7. The number of rotatable bonds is 1. The Balaban J connectivity index is 4.15. The predicted molar refractivity (Wildman–Crippen MR) is 34.8 cm³/mol. The molecule has 0 aromatic carbocycles. The van der Waals surface area contributed by atoms with Crippen molar-refractivity contribution >= 4 is 5.97 Å². The maximum absolute atomic E-state index is 9.82. The van der Waals surface area contributed by atoms with Crippen molar-refractivity contribution in [1.82, 2.24) is 0 Å². The maximum atomic E-state index is 9.82. The summed E-state index contributed by atoms with van der Waals surface area (Å²) in [5, 5.41) is 16.9. The second-order valence-electron chi connectivity index (χ2n) is 1.83. The molecule has 0 aliphatic rings. The predicted octanol–water partition coefficient (Wildman–Crippen LogP) is -0.868. The standard InChI is InChI=1S/C6H9NO3/c1-2-6(7,10)4-3-5(8)9/h10H,2,7H2,1H3,(H,8,9). The summed E-state index contributed by atoms with van der Waals surface area (Å²) < 4.78 is 0. The number of carbonyl (C=O) groups is 1. The SMILES string of the molecule is CCC(N)(O)C#CC(=O)O. The molecule has 0 aromatic rings. The minimum atomic E-state index is -1.67. The van der Waals surface area contributed by atoms with Crippen molar-refractivity contribution in [2.75, 3.05) is 0 Å². The molecule has 0 fully saturated rings. The Hall–Kier alpha value is -1.05. The molecule has 10 heavy (non-hydrogen) atoms. The van der Waals surface area contributed by atoms with Crippen LogP contribution in [0.3, 0.4) is 0 Å². The number of aliphatic hydroxyl groups is 1. The Morgan fingerprint density at radius 1 is 1.80 bits per heavy atom. The highest BCUT2D eigenvalue weighted by Gasteiger charge is 2.13. The van der Waals surface area contributed by atoms with E-state index in [1.54, 1.807) is 12.8 Å². The summed E-state index contributed by atoms with van der Waals surface area (Å²) in [6, 6.07) is 0. The van der Waals surface area contributed by atoms with Crippen LogP contribution < -0.4 is 5.73 Å². The Kier molecular flexibility index (Phi) is 2.87. The number of aliphatic carboxylic acids is 1. The van der Waals surface area contributed by atoms with Gasteiger partial charge in [-0.05, 0) is 12.3 Å². The first-order valence-electron chi connectivity index (χ1n) is 2.75. The molecule has 0 spiro atoms. The Morgan fingerprint density at radius 2 is 2.30 bits per heavy atom. The molecule has 4 heteroatoms. The third-order valence-electron chi connectivity index (χ3n) is 0.925. The molecular formula is C6H9NO3. The summed E-state index contributed by atoms with van der Waals surface area (Å²) in [5.41, 5.74) is 3.41. The second kappa shape index (κ2) is 3.20. The molecule has 0 heterocycles. The van der Waals surface area contributed by atoms with E-state index in [4.69, 9.17) is 15.9 Å². The summed E-state index contributed by atoms with van der Waals surface area (Å²) in [5.74, 6) is 2.43. The smallest absolute Gasteiger partial charge is 0.382 e. The van der Waals surface area contributed by atoms with Gasteiger partial charge in [-0.3, -0.25) is 5.73 Å². The fourth-order valence-corrected chi connectivity index (χ4v) is 0.250. The lowest BCUT2D eigenvalue weighted by Crippen LogP contribution is -2.36. The van der Waals surface area contributed by atoms with E-state index >= 15 is 0 Å². The average Bonchev–Trinajstić information content (AvgIpc) is 1.85. The molecule has 0 aliphatic heterocycles. The van der Waals surface area contributed by atoms with Crippen molar-refractivity contribution in [3.8, 4) is 11.8 Å². The van der Waals surface area contributed by atoms with Crippen molar-refractivity contribution in [3.63, 3.8) is 0 Å². The molecule has 0 aromatic heterocycles. The minimum Gasteiger partial charge on any atom is -0.472 e. The minimum absolute atomic E-state index is 0.202. The van der Waals surface area contributed by atoms with Gasteiger partial charge in [-0.15, -0.1) is 0 Å². The summed E-state index contributed by atoms with van der Waals surface area (Å²) >= 11 is 0. The van der Waals surface area contributed by atoms with E-state index in [-0.39, 0.29) is 6.42 Å². The van der Waals surface area contributed by atoms with Gasteiger partial charge in [0.15, 0.2) is 5.72 Å². The van der Waals surface area contributed by atoms with Crippen LogP contribution in [0.1, 0.15) is 13.3 Å². The third kappa shape index (κ3) is 3.89. The lowest BCUT2D eigenvalue weighted by molar-refractivity contribution is -0.130. The van der Waals surface area contributed by atoms with Gasteiger partial charge in [-0.1, -0.05) is 6.92 Å². The van der Waals surface area contributed by atoms with Crippen molar-refractivity contribution in [2.24, 2.45) is 5.73 Å². The molecular weight excluding hydrogens is 134 g/mol. The molecule has 1 unspecified atom stereocenters. The first-order valence-corrected chi connectivity index (χ1v) is 2.75. The van der Waals surface area contributed by atoms with E-state index < -0.39 is 11.7 Å². The van der Waals surface area contributed by atoms with E-state index in [1.807, 2.05) is 5.92 Å². The number of carboxylic acids is 1. The van der Waals surface area contributed by atoms with E-state index in [0.717, 1.165) is 0 Å². The number of nitrogens with two attached hydrogens (primary N) is 1. The number of hydrogen-bond donors (Lipinski definition) is 3. The highest BCUT2D eigenvalue weighted by molar-refractivity contribution is 5.86. The van der Waals surface area contributed by atoms with Crippen LogP contribution in [0.5, 0.6) is 0 Å². The van der Waals surface area contributed by atoms with E-state index in [1.165, 1.54) is 0 Å². The number of hydrogen-bond acceptors (Lipinski definition) is 3. The van der Waals surface area contributed by atoms with Gasteiger partial charge in [0.25, 0.3) is 0 Å². The first-order chi connectivity index (χ1) is 4.48. The fourth-order valence-electron chi connectivity index (χ4n) is 0.250. The first kappa shape index (κ1) is 8.95. The van der Waals surface area contributed by atoms with Gasteiger partial charge >= 0.3 is 5.97 Å². The van der Waals surface area contributed by atoms with E-state index in [2.05, 4.69) is 0 Å². The van der Waals surface area contributed by atoms with Gasteiger partial charge < -0.3 is 10.2 Å². The second-order valence-corrected chi connectivity index (χ2v) is 1.83. The van der Waals surface area contributed by atoms with E-state index in [0.29, 0.717) is 0 Å². The van der Waals surface area contributed by atoms with Gasteiger partial charge in [-0.2, -0.15) is 0 Å². The number of carboxylic acid groups (broad SMARTS) is 1. The molecule has 0 aliphatic carbocycles. The van der Waals surface area contributed by atoms with Gasteiger partial charge in [0.1, 0.15) is 0 Å². The molecule has 56 valence electrons. The molecule has 0 bridgehead atoms.